The van der Waals surface area contributed by atoms with E-state index < -0.39 is 0 Å². The van der Waals surface area contributed by atoms with Gasteiger partial charge in [-0.2, -0.15) is 0 Å². The molecule has 166 valence electrons. The Morgan fingerprint density at radius 1 is 1.12 bits per heavy atom. The molecule has 0 saturated carbocycles. The highest BCUT2D eigenvalue weighted by Crippen LogP contribution is 2.24. The average Bonchev–Trinajstić information content (AvgIpc) is 3.35. The third-order valence-corrected chi connectivity index (χ3v) is 5.76. The van der Waals surface area contributed by atoms with Gasteiger partial charge < -0.3 is 14.6 Å². The number of aromatic nitrogens is 1. The van der Waals surface area contributed by atoms with E-state index in [1.807, 2.05) is 65.4 Å². The number of anilines is 1. The van der Waals surface area contributed by atoms with Gasteiger partial charge in [0, 0.05) is 49.2 Å². The highest BCUT2D eigenvalue weighted by Gasteiger charge is 2.27. The van der Waals surface area contributed by atoms with Gasteiger partial charge in [0.15, 0.2) is 0 Å². The number of carbonyl (C=O) groups is 2. The van der Waals surface area contributed by atoms with E-state index in [2.05, 4.69) is 10.3 Å². The lowest BCUT2D eigenvalue weighted by Gasteiger charge is -2.32. The lowest BCUT2D eigenvalue weighted by Crippen LogP contribution is -2.45. The zero-order valence-electron chi connectivity index (χ0n) is 18.2. The molecule has 7 nitrogen and oxygen atoms in total. The molecule has 32 heavy (non-hydrogen) atoms. The Bertz CT molecular complexity index is 1030. The molecule has 1 aliphatic rings. The molecule has 1 saturated heterocycles. The number of piperidine rings is 1. The van der Waals surface area contributed by atoms with Crippen molar-refractivity contribution in [3.63, 3.8) is 0 Å². The van der Waals surface area contributed by atoms with Gasteiger partial charge >= 0.3 is 0 Å². The maximum absolute atomic E-state index is 12.8. The maximum atomic E-state index is 12.8. The highest BCUT2D eigenvalue weighted by atomic mass is 16.3. The number of pyridine rings is 1. The predicted octanol–water partition coefficient (Wildman–Crippen LogP) is 3.65. The van der Waals surface area contributed by atoms with Crippen LogP contribution in [-0.4, -0.2) is 53.3 Å². The third kappa shape index (κ3) is 5.62. The molecule has 7 heteroatoms. The van der Waals surface area contributed by atoms with Crippen molar-refractivity contribution in [1.29, 1.82) is 0 Å². The van der Waals surface area contributed by atoms with E-state index in [4.69, 9.17) is 4.42 Å². The van der Waals surface area contributed by atoms with E-state index in [9.17, 15) is 9.59 Å². The number of rotatable bonds is 7. The first kappa shape index (κ1) is 21.8. The van der Waals surface area contributed by atoms with Crippen molar-refractivity contribution >= 4 is 17.5 Å². The molecule has 2 amide bonds. The zero-order chi connectivity index (χ0) is 22.3. The number of hydrogen-bond acceptors (Lipinski definition) is 5. The van der Waals surface area contributed by atoms with Gasteiger partial charge in [0.1, 0.15) is 5.76 Å². The Morgan fingerprint density at radius 2 is 1.91 bits per heavy atom. The molecule has 1 fully saturated rings. The topological polar surface area (TPSA) is 78.7 Å². The van der Waals surface area contributed by atoms with E-state index in [1.54, 1.807) is 18.7 Å². The Kier molecular flexibility index (Phi) is 6.97. The first-order valence-corrected chi connectivity index (χ1v) is 10.9. The van der Waals surface area contributed by atoms with Crippen molar-refractivity contribution in [3.8, 4) is 11.3 Å². The Hall–Kier alpha value is -3.45. The van der Waals surface area contributed by atoms with Gasteiger partial charge in [-0.15, -0.1) is 0 Å². The fraction of sp³-hybridized carbons (Fsp3) is 0.320. The fourth-order valence-corrected chi connectivity index (χ4v) is 4.02. The van der Waals surface area contributed by atoms with Crippen LogP contribution in [0.4, 0.5) is 5.69 Å². The molecule has 1 aromatic carbocycles. The van der Waals surface area contributed by atoms with Crippen LogP contribution in [0.5, 0.6) is 0 Å². The molecule has 4 rings (SSSR count). The minimum Gasteiger partial charge on any atom is -0.464 e. The van der Waals surface area contributed by atoms with Crippen LogP contribution in [0.3, 0.4) is 0 Å². The number of likely N-dealkylation sites (tertiary alicyclic amines) is 1. The summed E-state index contributed by atoms with van der Waals surface area (Å²) in [5.74, 6) is 0.776. The van der Waals surface area contributed by atoms with Gasteiger partial charge in [0.05, 0.1) is 12.8 Å². The smallest absolute Gasteiger partial charge is 0.236 e. The van der Waals surface area contributed by atoms with Gasteiger partial charge in [0.25, 0.3) is 0 Å². The quantitative estimate of drug-likeness (QED) is 0.617. The summed E-state index contributed by atoms with van der Waals surface area (Å²) in [5.41, 5.74) is 2.80. The standard InChI is InChI=1S/C25H28N4O3/c1-28(17-19-7-11-26-12-8-19)18-24(30)29-13-9-20(10-14-29)25(31)27-22-5-2-4-21(16-22)23-6-3-15-32-23/h2-8,11-12,15-16,20H,9-10,13-14,17-18H2,1H3,(H,27,31). The molecular formula is C25H28N4O3. The van der Waals surface area contributed by atoms with Gasteiger partial charge in [-0.05, 0) is 61.9 Å². The van der Waals surface area contributed by atoms with Crippen molar-refractivity contribution in [1.82, 2.24) is 14.8 Å². The van der Waals surface area contributed by atoms with Gasteiger partial charge in [-0.3, -0.25) is 19.5 Å². The number of carbonyl (C=O) groups excluding carboxylic acids is 2. The molecule has 0 atom stereocenters. The van der Waals surface area contributed by atoms with E-state index in [-0.39, 0.29) is 17.7 Å². The maximum Gasteiger partial charge on any atom is 0.236 e. The van der Waals surface area contributed by atoms with Crippen LogP contribution >= 0.6 is 0 Å². The van der Waals surface area contributed by atoms with Crippen molar-refractivity contribution in [2.75, 3.05) is 32.0 Å². The Morgan fingerprint density at radius 3 is 2.62 bits per heavy atom. The molecule has 0 aliphatic carbocycles. The second-order valence-electron chi connectivity index (χ2n) is 8.23. The fourth-order valence-electron chi connectivity index (χ4n) is 4.02. The van der Waals surface area contributed by atoms with Crippen molar-refractivity contribution < 1.29 is 14.0 Å². The molecule has 3 aromatic rings. The van der Waals surface area contributed by atoms with Crippen LogP contribution < -0.4 is 5.32 Å². The van der Waals surface area contributed by atoms with Crippen LogP contribution in [0.25, 0.3) is 11.3 Å². The molecular weight excluding hydrogens is 404 g/mol. The third-order valence-electron chi connectivity index (χ3n) is 5.76. The lowest BCUT2D eigenvalue weighted by atomic mass is 9.95. The van der Waals surface area contributed by atoms with Crippen molar-refractivity contribution in [2.45, 2.75) is 19.4 Å². The van der Waals surface area contributed by atoms with E-state index in [1.165, 1.54) is 0 Å². The number of likely N-dealkylation sites (N-methyl/N-ethyl adjacent to an activating group) is 1. The largest absolute Gasteiger partial charge is 0.464 e. The van der Waals surface area contributed by atoms with E-state index >= 15 is 0 Å². The minimum atomic E-state index is -0.0964. The minimum absolute atomic E-state index is 0.00324. The van der Waals surface area contributed by atoms with Gasteiger partial charge in [0.2, 0.25) is 11.8 Å². The second-order valence-corrected chi connectivity index (χ2v) is 8.23. The number of amides is 2. The summed E-state index contributed by atoms with van der Waals surface area (Å²) in [5, 5.41) is 3.02. The molecule has 3 heterocycles. The molecule has 0 radical (unpaired) electrons. The Balaban J connectivity index is 1.25. The first-order valence-electron chi connectivity index (χ1n) is 10.9. The molecule has 0 spiro atoms. The number of nitrogens with one attached hydrogen (secondary N) is 1. The lowest BCUT2D eigenvalue weighted by molar-refractivity contribution is -0.135. The normalized spacial score (nSPS) is 14.5. The molecule has 2 aromatic heterocycles. The average molecular weight is 433 g/mol. The second kappa shape index (κ2) is 10.2. The Labute approximate surface area is 188 Å². The summed E-state index contributed by atoms with van der Waals surface area (Å²) in [6, 6.07) is 15.3. The predicted molar refractivity (Wildman–Crippen MR) is 123 cm³/mol. The molecule has 1 N–H and O–H groups in total. The molecule has 0 unspecified atom stereocenters. The van der Waals surface area contributed by atoms with E-state index in [0.717, 1.165) is 22.6 Å². The van der Waals surface area contributed by atoms with Crippen LogP contribution in [0.15, 0.2) is 71.6 Å². The van der Waals surface area contributed by atoms with Crippen LogP contribution in [0, 0.1) is 5.92 Å². The van der Waals surface area contributed by atoms with Crippen LogP contribution in [0.2, 0.25) is 0 Å². The summed E-state index contributed by atoms with van der Waals surface area (Å²) in [6.45, 7) is 2.27. The number of nitrogens with zero attached hydrogens (tertiary/aromatic N) is 3. The zero-order valence-corrected chi connectivity index (χ0v) is 18.2. The first-order chi connectivity index (χ1) is 15.6. The summed E-state index contributed by atoms with van der Waals surface area (Å²) in [7, 11) is 1.94. The van der Waals surface area contributed by atoms with E-state index in [0.29, 0.717) is 39.0 Å². The summed E-state index contributed by atoms with van der Waals surface area (Å²) in [6.07, 6.45) is 6.49. The molecule has 0 bridgehead atoms. The number of benzene rings is 1. The summed E-state index contributed by atoms with van der Waals surface area (Å²) >= 11 is 0. The van der Waals surface area contributed by atoms with Gasteiger partial charge in [-0.1, -0.05) is 12.1 Å². The summed E-state index contributed by atoms with van der Waals surface area (Å²) in [4.78, 5) is 33.3. The number of furan rings is 1. The summed E-state index contributed by atoms with van der Waals surface area (Å²) < 4.78 is 5.43. The number of hydrogen-bond donors (Lipinski definition) is 1. The monoisotopic (exact) mass is 432 g/mol. The highest BCUT2D eigenvalue weighted by molar-refractivity contribution is 5.93. The molecule has 1 aliphatic heterocycles. The van der Waals surface area contributed by atoms with Crippen molar-refractivity contribution in [3.05, 3.63) is 72.8 Å². The SMILES string of the molecule is CN(CC(=O)N1CCC(C(=O)Nc2cccc(-c3ccco3)c2)CC1)Cc1ccncc1. The van der Waals surface area contributed by atoms with Crippen molar-refractivity contribution in [2.24, 2.45) is 5.92 Å². The van der Waals surface area contributed by atoms with Crippen LogP contribution in [0.1, 0.15) is 18.4 Å². The van der Waals surface area contributed by atoms with Gasteiger partial charge in [-0.25, -0.2) is 0 Å². The van der Waals surface area contributed by atoms with Crippen LogP contribution in [-0.2, 0) is 16.1 Å².